The van der Waals surface area contributed by atoms with Crippen LogP contribution in [0.25, 0.3) is 5.69 Å². The molecule has 8 aromatic heterocycles. The van der Waals surface area contributed by atoms with E-state index in [2.05, 4.69) is 117 Å². The zero-order valence-corrected chi connectivity index (χ0v) is 46.9. The molecular weight excluding hydrogens is 1030 g/mol. The Morgan fingerprint density at radius 1 is 0.481 bits per heavy atom. The standard InChI is InChI=1S/C16H15N7.C13H17N7.2C12H15N7/c1-11-14(10-23(22-11)13-6-4-3-5-7-13)20-16-19-9-12(8-17)15(18-2)21-16;1-8(2)20-7-11(9(3)19-20)17-13-16-6-10(5-14)12(15-4)18-13;1-4-19-7-10(8(2)18-19)16-12-15-6-9(5-13)11(14-3)17-12;1-4-19-8(2)10(7-16-19)17-12-15-6-9(5-13)11(14-3)18-12/h3-7,9-10H,1-2H3,(H2,18,19,20,21);6-8H,1-4H3,(H2,15,16,17,18);6-7H,4H2,1-3H3,(H2,14,15,16,17);6-7H,4H2,1-3H3,(H2,14,15,17,18). The minimum Gasteiger partial charge on any atom is -0.372 e. The van der Waals surface area contributed by atoms with E-state index in [-0.39, 0.29) is 0 Å². The van der Waals surface area contributed by atoms with Crippen LogP contribution in [-0.2, 0) is 13.1 Å². The summed E-state index contributed by atoms with van der Waals surface area (Å²) in [6.45, 7) is 17.5. The summed E-state index contributed by atoms with van der Waals surface area (Å²) in [5.74, 6) is 3.69. The number of nitrogens with one attached hydrogen (secondary N) is 8. The predicted octanol–water partition coefficient (Wildman–Crippen LogP) is 8.16. The van der Waals surface area contributed by atoms with Crippen LogP contribution >= 0.6 is 0 Å². The molecular formula is C53H62N28. The lowest BCUT2D eigenvalue weighted by molar-refractivity contribution is 0.529. The fourth-order valence-electron chi connectivity index (χ4n) is 7.19. The van der Waals surface area contributed by atoms with E-state index in [9.17, 15) is 0 Å². The van der Waals surface area contributed by atoms with Gasteiger partial charge in [0.15, 0.2) is 0 Å². The molecule has 0 saturated heterocycles. The molecule has 0 spiro atoms. The van der Waals surface area contributed by atoms with Gasteiger partial charge in [0.2, 0.25) is 23.8 Å². The summed E-state index contributed by atoms with van der Waals surface area (Å²) in [7, 11) is 6.86. The van der Waals surface area contributed by atoms with Gasteiger partial charge in [-0.2, -0.15) is 61.4 Å². The molecule has 0 amide bonds. The number of hydrogen-bond acceptors (Lipinski definition) is 24. The number of rotatable bonds is 16. The maximum absolute atomic E-state index is 9.00. The molecule has 0 fully saturated rings. The van der Waals surface area contributed by atoms with Crippen LogP contribution in [0.4, 0.5) is 69.8 Å². The zero-order chi connectivity index (χ0) is 58.6. The Hall–Kier alpha value is -11.3. The number of hydrogen-bond donors (Lipinski definition) is 8. The van der Waals surface area contributed by atoms with E-state index in [1.165, 1.54) is 24.8 Å². The van der Waals surface area contributed by atoms with Crippen molar-refractivity contribution in [3.8, 4) is 30.0 Å². The van der Waals surface area contributed by atoms with Gasteiger partial charge in [0.05, 0.1) is 88.4 Å². The average molecular weight is 1090 g/mol. The monoisotopic (exact) mass is 1090 g/mol. The van der Waals surface area contributed by atoms with Crippen molar-refractivity contribution in [2.45, 2.75) is 74.5 Å². The number of nitriles is 4. The lowest BCUT2D eigenvalue weighted by atomic mass is 10.3. The Kier molecular flexibility index (Phi) is 20.5. The van der Waals surface area contributed by atoms with Crippen LogP contribution in [0, 0.1) is 73.0 Å². The summed E-state index contributed by atoms with van der Waals surface area (Å²) >= 11 is 0. The highest BCUT2D eigenvalue weighted by atomic mass is 15.3. The van der Waals surface area contributed by atoms with Gasteiger partial charge >= 0.3 is 0 Å². The molecule has 81 heavy (non-hydrogen) atoms. The van der Waals surface area contributed by atoms with Gasteiger partial charge in [0.25, 0.3) is 0 Å². The lowest BCUT2D eigenvalue weighted by Gasteiger charge is -2.07. The molecule has 8 heterocycles. The van der Waals surface area contributed by atoms with Crippen molar-refractivity contribution in [1.29, 1.82) is 21.0 Å². The van der Waals surface area contributed by atoms with Gasteiger partial charge in [-0.05, 0) is 67.5 Å². The first-order valence-corrected chi connectivity index (χ1v) is 25.2. The minimum absolute atomic E-state index is 0.291. The Bertz CT molecular complexity index is 3660. The largest absolute Gasteiger partial charge is 0.372 e. The van der Waals surface area contributed by atoms with E-state index in [0.29, 0.717) is 75.4 Å². The molecule has 0 unspecified atom stereocenters. The molecule has 28 heteroatoms. The van der Waals surface area contributed by atoms with E-state index in [1.807, 2.05) is 129 Å². The van der Waals surface area contributed by atoms with Crippen LogP contribution in [-0.4, -0.2) is 107 Å². The third-order valence-electron chi connectivity index (χ3n) is 11.6. The topological polar surface area (TPSA) is 366 Å². The average Bonchev–Trinajstić information content (AvgIpc) is 4.28. The van der Waals surface area contributed by atoms with Crippen LogP contribution in [0.15, 0.2) is 79.9 Å². The summed E-state index contributed by atoms with van der Waals surface area (Å²) in [5.41, 5.74) is 9.56. The van der Waals surface area contributed by atoms with Crippen LogP contribution in [0.3, 0.4) is 0 Å². The quantitative estimate of drug-likeness (QED) is 0.0452. The summed E-state index contributed by atoms with van der Waals surface area (Å²) < 4.78 is 7.38. The number of para-hydroxylation sites is 1. The third kappa shape index (κ3) is 15.2. The Balaban J connectivity index is 0.000000175. The van der Waals surface area contributed by atoms with Gasteiger partial charge in [-0.15, -0.1) is 0 Å². The van der Waals surface area contributed by atoms with Crippen LogP contribution in [0.5, 0.6) is 0 Å². The summed E-state index contributed by atoms with van der Waals surface area (Å²) in [6, 6.07) is 18.3. The molecule has 0 aliphatic rings. The van der Waals surface area contributed by atoms with Crippen molar-refractivity contribution in [1.82, 2.24) is 79.0 Å². The molecule has 0 aliphatic carbocycles. The van der Waals surface area contributed by atoms with E-state index in [0.717, 1.165) is 64.3 Å². The summed E-state index contributed by atoms with van der Waals surface area (Å²) in [6.07, 6.45) is 13.4. The first-order chi connectivity index (χ1) is 39.1. The Morgan fingerprint density at radius 2 is 0.877 bits per heavy atom. The SMILES string of the molecule is CCn1cc(Nc2ncc(C#N)c(NC)n2)c(C)n1.CCn1ncc(Nc2ncc(C#N)c(NC)n2)c1C.CNc1nc(Nc2cn(-c3ccccc3)nc2C)ncc1C#N.CNc1nc(Nc2cn(C(C)C)nc2C)ncc1C#N. The van der Waals surface area contributed by atoms with Crippen LogP contribution in [0.2, 0.25) is 0 Å². The number of aryl methyl sites for hydroxylation is 5. The maximum Gasteiger partial charge on any atom is 0.229 e. The number of nitrogens with zero attached hydrogens (tertiary/aromatic N) is 20. The highest BCUT2D eigenvalue weighted by molar-refractivity contribution is 5.63. The second kappa shape index (κ2) is 28.2. The minimum atomic E-state index is 0.291. The van der Waals surface area contributed by atoms with Gasteiger partial charge in [0, 0.05) is 59.7 Å². The van der Waals surface area contributed by atoms with E-state index in [1.54, 1.807) is 39.1 Å². The highest BCUT2D eigenvalue weighted by Gasteiger charge is 2.14. The molecule has 0 atom stereocenters. The summed E-state index contributed by atoms with van der Waals surface area (Å²) in [5, 5.41) is 77.2. The molecule has 9 rings (SSSR count). The fourth-order valence-corrected chi connectivity index (χ4v) is 7.19. The van der Waals surface area contributed by atoms with Crippen LogP contribution < -0.4 is 42.5 Å². The van der Waals surface area contributed by atoms with E-state index >= 15 is 0 Å². The lowest BCUT2D eigenvalue weighted by Crippen LogP contribution is -2.04. The normalized spacial score (nSPS) is 10.1. The van der Waals surface area contributed by atoms with Crippen molar-refractivity contribution < 1.29 is 0 Å². The van der Waals surface area contributed by atoms with Crippen molar-refractivity contribution in [2.24, 2.45) is 0 Å². The maximum atomic E-state index is 9.00. The van der Waals surface area contributed by atoms with E-state index in [4.69, 9.17) is 21.0 Å². The first kappa shape index (κ1) is 59.0. The van der Waals surface area contributed by atoms with Crippen molar-refractivity contribution in [3.05, 3.63) is 125 Å². The molecule has 8 N–H and O–H groups in total. The predicted molar refractivity (Wildman–Crippen MR) is 309 cm³/mol. The second-order valence-corrected chi connectivity index (χ2v) is 17.3. The van der Waals surface area contributed by atoms with Gasteiger partial charge in [-0.3, -0.25) is 14.0 Å². The van der Waals surface area contributed by atoms with Gasteiger partial charge in [-0.25, -0.2) is 24.6 Å². The molecule has 0 aliphatic heterocycles. The molecule has 0 saturated carbocycles. The Morgan fingerprint density at radius 3 is 1.23 bits per heavy atom. The van der Waals surface area contributed by atoms with Crippen molar-refractivity contribution in [3.63, 3.8) is 0 Å². The smallest absolute Gasteiger partial charge is 0.229 e. The number of anilines is 12. The molecule has 0 bridgehead atoms. The molecule has 0 radical (unpaired) electrons. The summed E-state index contributed by atoms with van der Waals surface area (Å²) in [4.78, 5) is 33.5. The molecule has 414 valence electrons. The molecule has 9 aromatic rings. The van der Waals surface area contributed by atoms with Crippen molar-refractivity contribution >= 4 is 69.8 Å². The Labute approximate surface area is 468 Å². The van der Waals surface area contributed by atoms with Crippen molar-refractivity contribution in [2.75, 3.05) is 70.7 Å². The van der Waals surface area contributed by atoms with E-state index < -0.39 is 0 Å². The molecule has 1 aromatic carbocycles. The van der Waals surface area contributed by atoms with Gasteiger partial charge in [0.1, 0.15) is 69.8 Å². The zero-order valence-electron chi connectivity index (χ0n) is 46.9. The fraction of sp³-hybridized carbons (Fsp3) is 0.283. The number of benzene rings is 1. The number of aromatic nitrogens is 16. The van der Waals surface area contributed by atoms with Crippen LogP contribution in [0.1, 0.15) is 78.8 Å². The van der Waals surface area contributed by atoms with Gasteiger partial charge in [-0.1, -0.05) is 18.2 Å². The highest BCUT2D eigenvalue weighted by Crippen LogP contribution is 2.24. The molecule has 28 nitrogen and oxygen atoms in total. The third-order valence-corrected chi connectivity index (χ3v) is 11.6. The second-order valence-electron chi connectivity index (χ2n) is 17.3. The first-order valence-electron chi connectivity index (χ1n) is 25.2. The van der Waals surface area contributed by atoms with Gasteiger partial charge < -0.3 is 42.5 Å².